The first-order valence-electron chi connectivity index (χ1n) is 6.79. The first kappa shape index (κ1) is 15.3. The van der Waals surface area contributed by atoms with E-state index in [-0.39, 0.29) is 0 Å². The van der Waals surface area contributed by atoms with Gasteiger partial charge in [0, 0.05) is 19.3 Å². The van der Waals surface area contributed by atoms with Gasteiger partial charge in [-0.1, -0.05) is 43.2 Å². The second kappa shape index (κ2) is 7.62. The van der Waals surface area contributed by atoms with E-state index in [1.54, 1.807) is 6.07 Å². The average Bonchev–Trinajstić information content (AvgIpc) is 2.42. The molecule has 0 amide bonds. The molecule has 1 aromatic rings. The minimum Gasteiger partial charge on any atom is -0.371 e. The van der Waals surface area contributed by atoms with Crippen LogP contribution in [0.1, 0.15) is 50.2 Å². The fourth-order valence-corrected chi connectivity index (χ4v) is 1.85. The number of aliphatic hydroxyl groups is 1. The number of benzene rings is 1. The maximum absolute atomic E-state index is 10.4. The summed E-state index contributed by atoms with van der Waals surface area (Å²) >= 11 is 0. The molecular weight excluding hydrogens is 234 g/mol. The Morgan fingerprint density at radius 3 is 2.63 bits per heavy atom. The lowest BCUT2D eigenvalue weighted by molar-refractivity contribution is 0.0895. The van der Waals surface area contributed by atoms with Crippen molar-refractivity contribution in [3.05, 3.63) is 35.4 Å². The highest BCUT2D eigenvalue weighted by Gasteiger charge is 2.28. The Kier molecular flexibility index (Phi) is 6.13. The zero-order valence-electron chi connectivity index (χ0n) is 11.7. The van der Waals surface area contributed by atoms with Crippen LogP contribution in [-0.2, 0) is 5.60 Å². The van der Waals surface area contributed by atoms with Crippen molar-refractivity contribution in [2.24, 2.45) is 0 Å². The molecule has 0 aliphatic rings. The Morgan fingerprint density at radius 2 is 2.00 bits per heavy atom. The van der Waals surface area contributed by atoms with E-state index >= 15 is 0 Å². The summed E-state index contributed by atoms with van der Waals surface area (Å²) in [6.07, 6.45) is 4.03. The predicted molar refractivity (Wildman–Crippen MR) is 77.2 cm³/mol. The van der Waals surface area contributed by atoms with Crippen LogP contribution in [0, 0.1) is 30.1 Å². The van der Waals surface area contributed by atoms with Crippen molar-refractivity contribution in [1.29, 1.82) is 5.26 Å². The van der Waals surface area contributed by atoms with Gasteiger partial charge in [-0.2, -0.15) is 5.26 Å². The molecular formula is C17H21NO. The molecule has 19 heavy (non-hydrogen) atoms. The van der Waals surface area contributed by atoms with E-state index < -0.39 is 5.60 Å². The number of nitrogens with zero attached hydrogens (tertiary/aromatic N) is 1. The molecule has 0 aliphatic heterocycles. The first-order valence-corrected chi connectivity index (χ1v) is 6.79. The summed E-state index contributed by atoms with van der Waals surface area (Å²) in [4.78, 5) is 0. The van der Waals surface area contributed by atoms with Gasteiger partial charge in [0.25, 0.3) is 0 Å². The Bertz CT molecular complexity index is 504. The highest BCUT2D eigenvalue weighted by Crippen LogP contribution is 2.26. The summed E-state index contributed by atoms with van der Waals surface area (Å²) < 4.78 is 0. The molecule has 0 bridgehead atoms. The van der Waals surface area contributed by atoms with Crippen molar-refractivity contribution in [2.75, 3.05) is 0 Å². The number of aryl methyl sites for hydroxylation is 1. The van der Waals surface area contributed by atoms with Crippen molar-refractivity contribution in [3.8, 4) is 17.9 Å². The molecule has 2 heteroatoms. The number of nitriles is 1. The zero-order chi connectivity index (χ0) is 14.1. The van der Waals surface area contributed by atoms with Crippen LogP contribution in [0.2, 0.25) is 0 Å². The molecule has 100 valence electrons. The van der Waals surface area contributed by atoms with E-state index in [0.29, 0.717) is 18.4 Å². The first-order chi connectivity index (χ1) is 9.12. The van der Waals surface area contributed by atoms with Gasteiger partial charge in [-0.25, -0.2) is 0 Å². The second-order valence-corrected chi connectivity index (χ2v) is 4.80. The number of rotatable bonds is 5. The van der Waals surface area contributed by atoms with Gasteiger partial charge in [0.05, 0.1) is 0 Å². The van der Waals surface area contributed by atoms with E-state index in [4.69, 9.17) is 0 Å². The Hall–Kier alpha value is -1.77. The lowest BCUT2D eigenvalue weighted by Crippen LogP contribution is -2.23. The molecule has 0 radical (unpaired) electrons. The topological polar surface area (TPSA) is 44.0 Å². The summed E-state index contributed by atoms with van der Waals surface area (Å²) in [6.45, 7) is 4.08. The fraction of sp³-hybridized carbons (Fsp3) is 0.471. The number of unbranched alkanes of at least 4 members (excludes halogenated alkanes) is 2. The van der Waals surface area contributed by atoms with Crippen LogP contribution >= 0.6 is 0 Å². The van der Waals surface area contributed by atoms with Crippen LogP contribution < -0.4 is 0 Å². The van der Waals surface area contributed by atoms with Crippen LogP contribution in [-0.4, -0.2) is 5.11 Å². The monoisotopic (exact) mass is 255 g/mol. The lowest BCUT2D eigenvalue weighted by Gasteiger charge is -2.19. The van der Waals surface area contributed by atoms with E-state index in [9.17, 15) is 10.4 Å². The Morgan fingerprint density at radius 1 is 1.26 bits per heavy atom. The molecule has 0 aromatic heterocycles. The largest absolute Gasteiger partial charge is 0.371 e. The molecule has 0 saturated carbocycles. The molecule has 1 aromatic carbocycles. The maximum atomic E-state index is 10.4. The van der Waals surface area contributed by atoms with Gasteiger partial charge >= 0.3 is 0 Å². The van der Waals surface area contributed by atoms with E-state index in [1.165, 1.54) is 0 Å². The van der Waals surface area contributed by atoms with Gasteiger partial charge in [0.15, 0.2) is 5.60 Å². The summed E-state index contributed by atoms with van der Waals surface area (Å²) in [5.74, 6) is 6.11. The summed E-state index contributed by atoms with van der Waals surface area (Å²) in [5, 5.41) is 19.6. The van der Waals surface area contributed by atoms with Crippen LogP contribution in [0.15, 0.2) is 24.3 Å². The van der Waals surface area contributed by atoms with Gasteiger partial charge < -0.3 is 5.11 Å². The van der Waals surface area contributed by atoms with Crippen molar-refractivity contribution < 1.29 is 5.11 Å². The van der Waals surface area contributed by atoms with E-state index in [1.807, 2.05) is 31.2 Å². The lowest BCUT2D eigenvalue weighted by atomic mass is 9.90. The highest BCUT2D eigenvalue weighted by atomic mass is 16.3. The average molecular weight is 255 g/mol. The van der Waals surface area contributed by atoms with Gasteiger partial charge in [-0.15, -0.1) is 11.8 Å². The van der Waals surface area contributed by atoms with Crippen LogP contribution in [0.3, 0.4) is 0 Å². The SMILES string of the molecule is CCCCC#CCCC(O)(C#N)c1cccc(C)c1. The van der Waals surface area contributed by atoms with Crippen LogP contribution in [0.4, 0.5) is 0 Å². The number of hydrogen-bond acceptors (Lipinski definition) is 2. The molecule has 1 rings (SSSR count). The molecule has 1 atom stereocenters. The molecule has 0 fully saturated rings. The van der Waals surface area contributed by atoms with Crippen LogP contribution in [0.25, 0.3) is 0 Å². The smallest absolute Gasteiger partial charge is 0.177 e. The quantitative estimate of drug-likeness (QED) is 0.495. The van der Waals surface area contributed by atoms with Gasteiger partial charge in [0.2, 0.25) is 0 Å². The van der Waals surface area contributed by atoms with Crippen molar-refractivity contribution >= 4 is 0 Å². The molecule has 1 unspecified atom stereocenters. The van der Waals surface area contributed by atoms with Crippen molar-refractivity contribution in [2.45, 2.75) is 51.6 Å². The van der Waals surface area contributed by atoms with E-state index in [2.05, 4.69) is 18.8 Å². The highest BCUT2D eigenvalue weighted by molar-refractivity contribution is 5.32. The standard InChI is InChI=1S/C17H21NO/c1-3-4-5-6-7-8-12-17(19,14-18)16-11-9-10-15(2)13-16/h9-11,13,19H,3-5,8,12H2,1-2H3. The summed E-state index contributed by atoms with van der Waals surface area (Å²) in [5.41, 5.74) is 0.274. The molecule has 0 spiro atoms. The van der Waals surface area contributed by atoms with Gasteiger partial charge in [-0.3, -0.25) is 0 Å². The minimum absolute atomic E-state index is 0.353. The van der Waals surface area contributed by atoms with Crippen molar-refractivity contribution in [1.82, 2.24) is 0 Å². The third-order valence-electron chi connectivity index (χ3n) is 3.07. The number of hydrogen-bond donors (Lipinski definition) is 1. The molecule has 1 N–H and O–H groups in total. The zero-order valence-corrected chi connectivity index (χ0v) is 11.7. The third-order valence-corrected chi connectivity index (χ3v) is 3.07. The molecule has 0 saturated heterocycles. The second-order valence-electron chi connectivity index (χ2n) is 4.80. The third kappa shape index (κ3) is 4.78. The van der Waals surface area contributed by atoms with Crippen molar-refractivity contribution in [3.63, 3.8) is 0 Å². The molecule has 0 aliphatic carbocycles. The predicted octanol–water partition coefficient (Wildman–Crippen LogP) is 3.68. The summed E-state index contributed by atoms with van der Waals surface area (Å²) in [7, 11) is 0. The van der Waals surface area contributed by atoms with E-state index in [0.717, 1.165) is 24.8 Å². The molecule has 2 nitrogen and oxygen atoms in total. The normalized spacial score (nSPS) is 12.9. The van der Waals surface area contributed by atoms with Gasteiger partial charge in [-0.05, 0) is 18.9 Å². The fourth-order valence-electron chi connectivity index (χ4n) is 1.85. The van der Waals surface area contributed by atoms with Gasteiger partial charge in [0.1, 0.15) is 6.07 Å². The van der Waals surface area contributed by atoms with Crippen LogP contribution in [0.5, 0.6) is 0 Å². The maximum Gasteiger partial charge on any atom is 0.177 e. The molecule has 0 heterocycles. The Labute approximate surface area is 116 Å². The minimum atomic E-state index is -1.43. The summed E-state index contributed by atoms with van der Waals surface area (Å²) in [6, 6.07) is 9.47. The Balaban J connectivity index is 2.66.